The van der Waals surface area contributed by atoms with E-state index in [0.29, 0.717) is 12.8 Å². The van der Waals surface area contributed by atoms with Gasteiger partial charge in [0.1, 0.15) is 12.7 Å². The van der Waals surface area contributed by atoms with Gasteiger partial charge in [-0.05, 0) is 44.9 Å². The van der Waals surface area contributed by atoms with E-state index in [9.17, 15) is 24.2 Å². The van der Waals surface area contributed by atoms with Gasteiger partial charge in [-0.15, -0.1) is 0 Å². The number of hydrogen-bond acceptors (Lipinski definition) is 9. The van der Waals surface area contributed by atoms with Crippen molar-refractivity contribution in [1.29, 1.82) is 0 Å². The molecular formula is C31H57O10P. The Morgan fingerprint density at radius 1 is 0.714 bits per heavy atom. The highest BCUT2D eigenvalue weighted by atomic mass is 31.2. The maximum Gasteiger partial charge on any atom is 0.472 e. The zero-order valence-corrected chi connectivity index (χ0v) is 26.9. The summed E-state index contributed by atoms with van der Waals surface area (Å²) in [6, 6.07) is 0. The SMILES string of the molecule is CCCCC/C=C\C/C=C\CCCCCCCCCC(=O)OC(COC(=O)CCCC)COP(=O)(O)OCC(O)CO. The average Bonchev–Trinajstić information content (AvgIpc) is 2.97. The van der Waals surface area contributed by atoms with Crippen LogP contribution in [0, 0.1) is 0 Å². The Kier molecular flexibility index (Phi) is 27.2. The summed E-state index contributed by atoms with van der Waals surface area (Å²) < 4.78 is 32.0. The fourth-order valence-corrected chi connectivity index (χ4v) is 4.61. The van der Waals surface area contributed by atoms with Crippen LogP contribution in [0.5, 0.6) is 0 Å². The molecule has 0 aliphatic rings. The van der Waals surface area contributed by atoms with E-state index in [1.165, 1.54) is 38.5 Å². The highest BCUT2D eigenvalue weighted by Crippen LogP contribution is 2.43. The van der Waals surface area contributed by atoms with Crippen LogP contribution in [0.15, 0.2) is 24.3 Å². The summed E-state index contributed by atoms with van der Waals surface area (Å²) in [5, 5.41) is 18.1. The molecule has 0 bridgehead atoms. The lowest BCUT2D eigenvalue weighted by Gasteiger charge is -2.20. The van der Waals surface area contributed by atoms with Gasteiger partial charge in [0.25, 0.3) is 0 Å². The van der Waals surface area contributed by atoms with Gasteiger partial charge < -0.3 is 24.6 Å². The molecule has 0 spiro atoms. The normalized spacial score (nSPS) is 14.7. The Bertz CT molecular complexity index is 771. The molecule has 0 aromatic carbocycles. The molecule has 0 saturated heterocycles. The predicted octanol–water partition coefficient (Wildman–Crippen LogP) is 6.71. The van der Waals surface area contributed by atoms with Gasteiger partial charge in [0.15, 0.2) is 6.10 Å². The molecule has 0 aliphatic carbocycles. The fraction of sp³-hybridized carbons (Fsp3) is 0.806. The van der Waals surface area contributed by atoms with E-state index in [1.807, 2.05) is 6.92 Å². The first-order valence-electron chi connectivity index (χ1n) is 15.8. The number of phosphoric acid groups is 1. The largest absolute Gasteiger partial charge is 0.472 e. The maximum absolute atomic E-state index is 12.4. The van der Waals surface area contributed by atoms with Crippen LogP contribution < -0.4 is 0 Å². The second kappa shape index (κ2) is 28.2. The summed E-state index contributed by atoms with van der Waals surface area (Å²) in [5.41, 5.74) is 0. The monoisotopic (exact) mass is 620 g/mol. The molecule has 3 unspecified atom stereocenters. The van der Waals surface area contributed by atoms with Crippen molar-refractivity contribution in [1.82, 2.24) is 0 Å². The van der Waals surface area contributed by atoms with Crippen molar-refractivity contribution in [2.75, 3.05) is 26.4 Å². The second-order valence-electron chi connectivity index (χ2n) is 10.5. The number of ether oxygens (including phenoxy) is 2. The van der Waals surface area contributed by atoms with Crippen molar-refractivity contribution >= 4 is 19.8 Å². The molecule has 0 fully saturated rings. The smallest absolute Gasteiger partial charge is 0.462 e. The van der Waals surface area contributed by atoms with Crippen molar-refractivity contribution in [3.8, 4) is 0 Å². The Labute approximate surface area is 253 Å². The van der Waals surface area contributed by atoms with Crippen molar-refractivity contribution in [3.63, 3.8) is 0 Å². The van der Waals surface area contributed by atoms with Gasteiger partial charge in [-0.1, -0.05) is 89.5 Å². The maximum atomic E-state index is 12.4. The van der Waals surface area contributed by atoms with Crippen LogP contribution in [0.3, 0.4) is 0 Å². The molecule has 42 heavy (non-hydrogen) atoms. The highest BCUT2D eigenvalue weighted by Gasteiger charge is 2.27. The number of carbonyl (C=O) groups is 2. The first-order valence-corrected chi connectivity index (χ1v) is 17.3. The molecule has 10 nitrogen and oxygen atoms in total. The molecule has 0 radical (unpaired) electrons. The van der Waals surface area contributed by atoms with E-state index in [4.69, 9.17) is 19.1 Å². The van der Waals surface area contributed by atoms with Crippen molar-refractivity contribution < 1.29 is 47.8 Å². The summed E-state index contributed by atoms with van der Waals surface area (Å²) in [7, 11) is -4.59. The Morgan fingerprint density at radius 3 is 1.88 bits per heavy atom. The third-order valence-corrected chi connectivity index (χ3v) is 7.31. The summed E-state index contributed by atoms with van der Waals surface area (Å²) in [5.74, 6) is -0.978. The number of aliphatic hydroxyl groups is 2. The van der Waals surface area contributed by atoms with E-state index in [2.05, 4.69) is 35.8 Å². The van der Waals surface area contributed by atoms with Crippen LogP contribution >= 0.6 is 7.82 Å². The van der Waals surface area contributed by atoms with Gasteiger partial charge >= 0.3 is 19.8 Å². The average molecular weight is 621 g/mol. The molecule has 0 aromatic rings. The van der Waals surface area contributed by atoms with E-state index in [1.54, 1.807) is 0 Å². The van der Waals surface area contributed by atoms with Gasteiger partial charge in [-0.2, -0.15) is 0 Å². The van der Waals surface area contributed by atoms with E-state index >= 15 is 0 Å². The van der Waals surface area contributed by atoms with Crippen LogP contribution in [0.4, 0.5) is 0 Å². The molecule has 0 heterocycles. The summed E-state index contributed by atoms with van der Waals surface area (Å²) in [6.07, 6.45) is 22.8. The molecule has 0 aromatic heterocycles. The number of phosphoric ester groups is 1. The molecule has 0 amide bonds. The fourth-order valence-electron chi connectivity index (χ4n) is 3.82. The zero-order valence-electron chi connectivity index (χ0n) is 26.0. The molecule has 246 valence electrons. The van der Waals surface area contributed by atoms with Gasteiger partial charge in [0.2, 0.25) is 0 Å². The molecule has 0 saturated carbocycles. The molecular weight excluding hydrogens is 563 g/mol. The number of unbranched alkanes of at least 4 members (excludes halogenated alkanes) is 11. The molecule has 3 atom stereocenters. The highest BCUT2D eigenvalue weighted by molar-refractivity contribution is 7.47. The lowest BCUT2D eigenvalue weighted by Crippen LogP contribution is -2.29. The standard InChI is InChI=1S/C31H57O10P/c1-3-5-7-8-9-10-11-12-13-14-15-16-17-18-19-20-21-23-31(35)41-29(26-38-30(34)22-6-4-2)27-40-42(36,37)39-25-28(33)24-32/h9-10,12-13,28-29,32-33H,3-8,11,14-27H2,1-2H3,(H,36,37)/b10-9-,13-12-. The number of aliphatic hydroxyl groups excluding tert-OH is 2. The van der Waals surface area contributed by atoms with Gasteiger partial charge in [0, 0.05) is 12.8 Å². The summed E-state index contributed by atoms with van der Waals surface area (Å²) >= 11 is 0. The number of hydrogen-bond donors (Lipinski definition) is 3. The third-order valence-electron chi connectivity index (χ3n) is 6.36. The minimum Gasteiger partial charge on any atom is -0.462 e. The van der Waals surface area contributed by atoms with Crippen molar-refractivity contribution in [2.45, 2.75) is 135 Å². The van der Waals surface area contributed by atoms with Gasteiger partial charge in [-0.3, -0.25) is 18.6 Å². The van der Waals surface area contributed by atoms with Crippen LogP contribution in [-0.4, -0.2) is 65.7 Å². The number of esters is 2. The molecule has 0 rings (SSSR count). The van der Waals surface area contributed by atoms with Crippen LogP contribution in [0.2, 0.25) is 0 Å². The summed E-state index contributed by atoms with van der Waals surface area (Å²) in [6.45, 7) is 2.03. The van der Waals surface area contributed by atoms with Crippen LogP contribution in [0.25, 0.3) is 0 Å². The quantitative estimate of drug-likeness (QED) is 0.0356. The number of carbonyl (C=O) groups excluding carboxylic acids is 2. The topological polar surface area (TPSA) is 149 Å². The number of allylic oxidation sites excluding steroid dienone is 4. The zero-order chi connectivity index (χ0) is 31.3. The predicted molar refractivity (Wildman–Crippen MR) is 164 cm³/mol. The molecule has 11 heteroatoms. The van der Waals surface area contributed by atoms with Crippen molar-refractivity contribution in [2.24, 2.45) is 0 Å². The van der Waals surface area contributed by atoms with Crippen molar-refractivity contribution in [3.05, 3.63) is 24.3 Å². The van der Waals surface area contributed by atoms with E-state index < -0.39 is 51.8 Å². The second-order valence-corrected chi connectivity index (χ2v) is 11.9. The van der Waals surface area contributed by atoms with E-state index in [0.717, 1.165) is 44.9 Å². The lowest BCUT2D eigenvalue weighted by atomic mass is 10.1. The first kappa shape index (κ1) is 40.5. The molecule has 0 aliphatic heterocycles. The number of rotatable bonds is 29. The van der Waals surface area contributed by atoms with Crippen LogP contribution in [-0.2, 0) is 32.7 Å². The van der Waals surface area contributed by atoms with Gasteiger partial charge in [-0.25, -0.2) is 4.57 Å². The Balaban J connectivity index is 4.18. The Hall–Kier alpha value is -1.55. The van der Waals surface area contributed by atoms with Gasteiger partial charge in [0.05, 0.1) is 19.8 Å². The lowest BCUT2D eigenvalue weighted by molar-refractivity contribution is -0.161. The first-order chi connectivity index (χ1) is 20.2. The minimum absolute atomic E-state index is 0.175. The Morgan fingerprint density at radius 2 is 1.26 bits per heavy atom. The van der Waals surface area contributed by atoms with E-state index in [-0.39, 0.29) is 19.4 Å². The van der Waals surface area contributed by atoms with Crippen LogP contribution in [0.1, 0.15) is 123 Å². The molecule has 3 N–H and O–H groups in total. The third kappa shape index (κ3) is 27.3. The summed E-state index contributed by atoms with van der Waals surface area (Å²) in [4.78, 5) is 34.0. The minimum atomic E-state index is -4.59.